The van der Waals surface area contributed by atoms with E-state index in [1.807, 2.05) is 203 Å². The highest BCUT2D eigenvalue weighted by atomic mass is 32.2. The van der Waals surface area contributed by atoms with E-state index >= 15 is 0 Å². The Morgan fingerprint density at radius 1 is 0.318 bits per heavy atom. The maximum Gasteiger partial charge on any atom is 0.254 e. The zero-order chi connectivity index (χ0) is 88.4. The topological polar surface area (TPSA) is 351 Å². The zero-order valence-electron chi connectivity index (χ0n) is 68.2. The summed E-state index contributed by atoms with van der Waals surface area (Å²) in [5, 5.41) is 45.6. The lowest BCUT2D eigenvalue weighted by atomic mass is 10.2. The van der Waals surface area contributed by atoms with E-state index in [2.05, 4.69) is 71.7 Å². The summed E-state index contributed by atoms with van der Waals surface area (Å²) in [5.41, 5.74) is 10.4. The summed E-state index contributed by atoms with van der Waals surface area (Å²) in [6, 6.07) is 84.4. The molecule has 0 N–H and O–H groups in total. The number of aryl methyl sites for hydroxylation is 1. The molecule has 0 unspecified atom stereocenters. The van der Waals surface area contributed by atoms with Crippen molar-refractivity contribution in [3.05, 3.63) is 361 Å². The standard InChI is InChI=1S/C24H19FN6O2.C23H17FN6O2.C22H17FN6O3S.C22H17FN6O.CH4/c1-2-24(32)31-23(27-28-29-31)15-22-26-20-5-3-4-6-21(20)30(22)17-9-13-19(14-10-17)33-18-11-7-16(25)8-12-18;1-15(31)30-23(26-27-28-30)14-22-25-20-4-2-3-5-21(20)29(22)17-8-12-19(13-9-17)32-18-10-6-16(24)7-11-18;1-33(30,31)29-22(25-26-27-29)14-21-24-19-4-2-3-5-20(19)28(21)16-8-12-18(13-9-16)32-17-10-6-15(23)7-11-17;1-28-22(25-26-27-28)14-21-24-19-4-2-3-5-20(19)29(21)16-8-12-18(13-9-16)30-17-10-6-15(23)7-11-17;/h3-14H,2,15H2,1H3;2-13H,14H2,1H3;2-13H,14H2,1H3;2-13H,14H2,1H3;1H4. The summed E-state index contributed by atoms with van der Waals surface area (Å²) in [6.07, 6.45) is 2.48. The summed E-state index contributed by atoms with van der Waals surface area (Å²) in [5.74, 6) is 7.47. The summed E-state index contributed by atoms with van der Waals surface area (Å²) in [4.78, 5) is 43.0. The van der Waals surface area contributed by atoms with Crippen LogP contribution >= 0.6 is 0 Å². The van der Waals surface area contributed by atoms with Gasteiger partial charge in [0.2, 0.25) is 11.8 Å². The third kappa shape index (κ3) is 19.7. The third-order valence-electron chi connectivity index (χ3n) is 19.8. The Bertz CT molecular complexity index is 7450. The molecule has 32 nitrogen and oxygen atoms in total. The monoisotopic (exact) mass is 1750 g/mol. The van der Waals surface area contributed by atoms with E-state index in [0.29, 0.717) is 88.0 Å². The third-order valence-corrected chi connectivity index (χ3v) is 20.7. The van der Waals surface area contributed by atoms with Crippen molar-refractivity contribution in [1.29, 1.82) is 0 Å². The first-order valence-corrected chi connectivity index (χ1v) is 41.4. The van der Waals surface area contributed by atoms with Crippen molar-refractivity contribution >= 4 is 66.0 Å². The molecular weight excluding hydrogens is 1680 g/mol. The molecule has 20 rings (SSSR count). The van der Waals surface area contributed by atoms with Crippen LogP contribution in [0.15, 0.2) is 291 Å². The van der Waals surface area contributed by atoms with E-state index in [-0.39, 0.29) is 67.6 Å². The van der Waals surface area contributed by atoms with Gasteiger partial charge in [-0.15, -0.1) is 24.5 Å². The maximum atomic E-state index is 13.1. The average molecular weight is 1750 g/mol. The van der Waals surface area contributed by atoms with Gasteiger partial charge in [-0.05, 0) is 284 Å². The molecule has 0 saturated carbocycles. The lowest BCUT2D eigenvalue weighted by Gasteiger charge is -2.11. The predicted octanol–water partition coefficient (Wildman–Crippen LogP) is 16.8. The van der Waals surface area contributed by atoms with E-state index in [4.69, 9.17) is 33.9 Å². The molecule has 0 aliphatic rings. The molecule has 0 aliphatic carbocycles. The highest BCUT2D eigenvalue weighted by molar-refractivity contribution is 7.89. The van der Waals surface area contributed by atoms with E-state index in [1.54, 1.807) is 72.3 Å². The molecule has 0 amide bonds. The minimum atomic E-state index is -3.65. The number of rotatable bonds is 22. The fraction of sp³-hybridized carbons (Fsp3) is 0.109. The second-order valence-electron chi connectivity index (χ2n) is 28.5. The van der Waals surface area contributed by atoms with Crippen LogP contribution in [0.1, 0.15) is 83.9 Å². The van der Waals surface area contributed by atoms with Crippen molar-refractivity contribution in [1.82, 2.24) is 118 Å². The van der Waals surface area contributed by atoms with Gasteiger partial charge >= 0.3 is 0 Å². The van der Waals surface area contributed by atoms with Gasteiger partial charge in [0.15, 0.2) is 23.3 Å². The largest absolute Gasteiger partial charge is 0.457 e. The fourth-order valence-electron chi connectivity index (χ4n) is 13.9. The summed E-state index contributed by atoms with van der Waals surface area (Å²) in [7, 11) is -1.84. The lowest BCUT2D eigenvalue weighted by Crippen LogP contribution is -2.17. The molecular formula is C92H74F4N24O8S. The van der Waals surface area contributed by atoms with Crippen molar-refractivity contribution in [3.63, 3.8) is 0 Å². The molecule has 37 heteroatoms. The van der Waals surface area contributed by atoms with Gasteiger partial charge in [-0.25, -0.2) is 50.6 Å². The maximum absolute atomic E-state index is 13.1. The van der Waals surface area contributed by atoms with E-state index in [0.717, 1.165) is 88.9 Å². The van der Waals surface area contributed by atoms with Gasteiger partial charge in [-0.2, -0.15) is 9.36 Å². The second-order valence-corrected chi connectivity index (χ2v) is 30.3. The van der Waals surface area contributed by atoms with Crippen molar-refractivity contribution in [2.24, 2.45) is 7.05 Å². The van der Waals surface area contributed by atoms with Crippen LogP contribution in [0.2, 0.25) is 0 Å². The van der Waals surface area contributed by atoms with Gasteiger partial charge in [0.1, 0.15) is 92.6 Å². The van der Waals surface area contributed by atoms with Gasteiger partial charge in [0, 0.05) is 43.1 Å². The first-order chi connectivity index (χ1) is 62.3. The van der Waals surface area contributed by atoms with Gasteiger partial charge in [-0.3, -0.25) is 27.9 Å². The van der Waals surface area contributed by atoms with Crippen LogP contribution < -0.4 is 18.9 Å². The lowest BCUT2D eigenvalue weighted by molar-refractivity contribution is 0.0884. The average Bonchev–Trinajstić information content (AvgIpc) is 1.65. The van der Waals surface area contributed by atoms with Crippen LogP contribution in [0.5, 0.6) is 46.0 Å². The molecule has 8 heterocycles. The molecule has 0 atom stereocenters. The Hall–Kier alpha value is -17.0. The number of hydrogen-bond donors (Lipinski definition) is 0. The number of tetrazole rings is 4. The number of ether oxygens (including phenoxy) is 4. The van der Waals surface area contributed by atoms with Crippen LogP contribution in [0.4, 0.5) is 17.6 Å². The number of nitrogens with zero attached hydrogens (tertiary/aromatic N) is 24. The molecule has 0 spiro atoms. The molecule has 20 aromatic rings. The number of aromatic nitrogens is 24. The van der Waals surface area contributed by atoms with Crippen LogP contribution in [0, 0.1) is 23.3 Å². The number of carbonyl (C=O) groups is 2. The highest BCUT2D eigenvalue weighted by Gasteiger charge is 2.25. The summed E-state index contributed by atoms with van der Waals surface area (Å²) in [6.45, 7) is 3.17. The van der Waals surface area contributed by atoms with E-state index < -0.39 is 10.0 Å². The molecule has 129 heavy (non-hydrogen) atoms. The number of fused-ring (bicyclic) bond motifs is 4. The Balaban J connectivity index is 0.000000126. The molecule has 0 radical (unpaired) electrons. The number of para-hydroxylation sites is 8. The van der Waals surface area contributed by atoms with Gasteiger partial charge < -0.3 is 18.9 Å². The Morgan fingerprint density at radius 2 is 0.566 bits per heavy atom. The quantitative estimate of drug-likeness (QED) is 0.0449. The van der Waals surface area contributed by atoms with Gasteiger partial charge in [0.25, 0.3) is 10.0 Å². The number of imidazole rings is 4. The minimum absolute atomic E-state index is 0. The Morgan fingerprint density at radius 3 is 0.853 bits per heavy atom. The van der Waals surface area contributed by atoms with E-state index in [9.17, 15) is 35.6 Å². The summed E-state index contributed by atoms with van der Waals surface area (Å²) < 4.78 is 112. The Labute approximate surface area is 731 Å². The van der Waals surface area contributed by atoms with Crippen molar-refractivity contribution < 1.29 is 54.5 Å². The first-order valence-electron chi connectivity index (χ1n) is 39.5. The van der Waals surface area contributed by atoms with Gasteiger partial charge in [-0.1, -0.05) is 62.9 Å². The molecule has 0 bridgehead atoms. The van der Waals surface area contributed by atoms with Crippen LogP contribution in [0.3, 0.4) is 0 Å². The SMILES string of the molecule is C.CC(=O)n1nnnc1Cc1nc2ccccc2n1-c1ccc(Oc2ccc(F)cc2)cc1.CCC(=O)n1nnnc1Cc1nc2ccccc2n1-c1ccc(Oc2ccc(F)cc2)cc1.CS(=O)(=O)n1nnnc1Cc1nc2ccccc2n1-c1ccc(Oc2ccc(F)cc2)cc1.Cn1nnnc1Cc1nc2ccccc2n1-c1ccc(Oc2ccc(F)cc2)cc1. The van der Waals surface area contributed by atoms with Crippen LogP contribution in [-0.4, -0.2) is 145 Å². The highest BCUT2D eigenvalue weighted by Crippen LogP contribution is 2.34. The van der Waals surface area contributed by atoms with Crippen molar-refractivity contribution in [3.8, 4) is 68.7 Å². The number of benzene rings is 12. The molecule has 0 aliphatic heterocycles. The normalized spacial score (nSPS) is 11.2. The molecule has 0 fully saturated rings. The zero-order valence-corrected chi connectivity index (χ0v) is 69.0. The Kier molecular flexibility index (Phi) is 25.2. The number of hydrogen-bond acceptors (Lipinski definition) is 24. The fourth-order valence-corrected chi connectivity index (χ4v) is 14.5. The molecule has 12 aromatic carbocycles. The first kappa shape index (κ1) is 85.6. The van der Waals surface area contributed by atoms with Gasteiger partial charge in [0.05, 0.1) is 76.1 Å². The van der Waals surface area contributed by atoms with Crippen LogP contribution in [0.25, 0.3) is 66.9 Å². The minimum Gasteiger partial charge on any atom is -0.457 e. The second kappa shape index (κ2) is 38.0. The van der Waals surface area contributed by atoms with Crippen molar-refractivity contribution in [2.45, 2.75) is 53.4 Å². The molecule has 644 valence electrons. The molecule has 8 aromatic heterocycles. The number of halogens is 4. The number of carbonyl (C=O) groups excluding carboxylic acids is 2. The van der Waals surface area contributed by atoms with E-state index in [1.165, 1.54) is 64.8 Å². The molecule has 0 saturated heterocycles. The predicted molar refractivity (Wildman–Crippen MR) is 468 cm³/mol. The van der Waals surface area contributed by atoms with Crippen LogP contribution in [-0.2, 0) is 42.8 Å². The summed E-state index contributed by atoms with van der Waals surface area (Å²) >= 11 is 0. The smallest absolute Gasteiger partial charge is 0.254 e. The van der Waals surface area contributed by atoms with Crippen molar-refractivity contribution in [2.75, 3.05) is 6.26 Å².